The average Bonchev–Trinajstić information content (AvgIpc) is 2.72. The Morgan fingerprint density at radius 3 is 3.00 bits per heavy atom. The number of carbonyl (C=O) groups is 1. The molecule has 1 saturated heterocycles. The number of morpholine rings is 1. The van der Waals surface area contributed by atoms with Crippen molar-refractivity contribution in [1.29, 1.82) is 0 Å². The van der Waals surface area contributed by atoms with E-state index in [0.29, 0.717) is 31.4 Å². The predicted molar refractivity (Wildman–Crippen MR) is 56.2 cm³/mol. The van der Waals surface area contributed by atoms with Gasteiger partial charge in [0.05, 0.1) is 13.2 Å². The van der Waals surface area contributed by atoms with Crippen molar-refractivity contribution >= 4 is 11.9 Å². The third-order valence-corrected chi connectivity index (χ3v) is 2.80. The van der Waals surface area contributed by atoms with Crippen molar-refractivity contribution in [2.24, 2.45) is 0 Å². The number of fused-ring (bicyclic) bond motifs is 1. The molecule has 84 valence electrons. The first-order chi connectivity index (χ1) is 7.84. The van der Waals surface area contributed by atoms with Gasteiger partial charge in [0.25, 0.3) is 5.91 Å². The molecule has 0 aromatic carbocycles. The Morgan fingerprint density at radius 1 is 1.38 bits per heavy atom. The lowest BCUT2D eigenvalue weighted by Crippen LogP contribution is -2.37. The van der Waals surface area contributed by atoms with E-state index in [-0.39, 0.29) is 5.91 Å². The quantitative estimate of drug-likeness (QED) is 0.694. The van der Waals surface area contributed by atoms with Crippen molar-refractivity contribution in [2.75, 3.05) is 31.2 Å². The highest BCUT2D eigenvalue weighted by atomic mass is 16.5. The highest BCUT2D eigenvalue weighted by Crippen LogP contribution is 2.16. The zero-order valence-corrected chi connectivity index (χ0v) is 8.77. The van der Waals surface area contributed by atoms with E-state index in [1.807, 2.05) is 4.90 Å². The molecule has 3 heterocycles. The summed E-state index contributed by atoms with van der Waals surface area (Å²) in [6.45, 7) is 3.47. The number of hydrogen-bond acceptors (Lipinski definition) is 5. The molecule has 3 rings (SSSR count). The maximum atomic E-state index is 11.5. The molecule has 0 aliphatic carbocycles. The standard InChI is InChI=1S/C10H12N4O2/c15-9-8-7(5-11-9)6-12-10(13-8)14-1-3-16-4-2-14/h6H,1-5H2,(H,11,15). The van der Waals surface area contributed by atoms with Crippen LogP contribution in [0.4, 0.5) is 5.95 Å². The molecular weight excluding hydrogens is 208 g/mol. The molecule has 6 heteroatoms. The SMILES string of the molecule is O=C1NCc2cnc(N3CCOCC3)nc21. The van der Waals surface area contributed by atoms with Crippen LogP contribution in [0.5, 0.6) is 0 Å². The van der Waals surface area contributed by atoms with E-state index in [1.165, 1.54) is 0 Å². The molecule has 1 aromatic heterocycles. The van der Waals surface area contributed by atoms with Gasteiger partial charge in [0.15, 0.2) is 0 Å². The molecule has 2 aliphatic rings. The number of hydrogen-bond donors (Lipinski definition) is 1. The number of rotatable bonds is 1. The third kappa shape index (κ3) is 1.51. The molecule has 0 atom stereocenters. The first-order valence-corrected chi connectivity index (χ1v) is 5.31. The van der Waals surface area contributed by atoms with Gasteiger partial charge in [-0.05, 0) is 0 Å². The molecule has 1 fully saturated rings. The van der Waals surface area contributed by atoms with E-state index >= 15 is 0 Å². The number of carbonyl (C=O) groups excluding carboxylic acids is 1. The fraction of sp³-hybridized carbons (Fsp3) is 0.500. The van der Waals surface area contributed by atoms with Gasteiger partial charge in [-0.15, -0.1) is 0 Å². The molecule has 16 heavy (non-hydrogen) atoms. The average molecular weight is 220 g/mol. The Morgan fingerprint density at radius 2 is 2.19 bits per heavy atom. The maximum Gasteiger partial charge on any atom is 0.270 e. The summed E-state index contributed by atoms with van der Waals surface area (Å²) in [5.74, 6) is 0.519. The van der Waals surface area contributed by atoms with Crippen molar-refractivity contribution in [3.8, 4) is 0 Å². The van der Waals surface area contributed by atoms with Gasteiger partial charge in [0.2, 0.25) is 5.95 Å². The number of anilines is 1. The highest BCUT2D eigenvalue weighted by molar-refractivity contribution is 5.96. The second kappa shape index (κ2) is 3.71. The lowest BCUT2D eigenvalue weighted by Gasteiger charge is -2.26. The second-order valence-electron chi connectivity index (χ2n) is 3.83. The maximum absolute atomic E-state index is 11.5. The second-order valence-corrected chi connectivity index (χ2v) is 3.83. The van der Waals surface area contributed by atoms with Crippen LogP contribution in [0, 0.1) is 0 Å². The first kappa shape index (κ1) is 9.53. The van der Waals surface area contributed by atoms with Crippen LogP contribution in [0.15, 0.2) is 6.20 Å². The van der Waals surface area contributed by atoms with Crippen LogP contribution in [0.3, 0.4) is 0 Å². The van der Waals surface area contributed by atoms with E-state index in [0.717, 1.165) is 18.7 Å². The molecular formula is C10H12N4O2. The fourth-order valence-electron chi connectivity index (χ4n) is 1.90. The topological polar surface area (TPSA) is 67.4 Å². The zero-order chi connectivity index (χ0) is 11.0. The van der Waals surface area contributed by atoms with Gasteiger partial charge in [-0.25, -0.2) is 9.97 Å². The molecule has 6 nitrogen and oxygen atoms in total. The summed E-state index contributed by atoms with van der Waals surface area (Å²) in [6, 6.07) is 0. The van der Waals surface area contributed by atoms with Gasteiger partial charge in [-0.3, -0.25) is 4.79 Å². The smallest absolute Gasteiger partial charge is 0.270 e. The van der Waals surface area contributed by atoms with Crippen molar-refractivity contribution in [1.82, 2.24) is 15.3 Å². The normalized spacial score (nSPS) is 19.5. The van der Waals surface area contributed by atoms with Crippen molar-refractivity contribution in [2.45, 2.75) is 6.54 Å². The van der Waals surface area contributed by atoms with Crippen molar-refractivity contribution < 1.29 is 9.53 Å². The first-order valence-electron chi connectivity index (χ1n) is 5.31. The van der Waals surface area contributed by atoms with Crippen LogP contribution in [-0.2, 0) is 11.3 Å². The molecule has 1 aromatic rings. The Bertz CT molecular complexity index is 429. The summed E-state index contributed by atoms with van der Waals surface area (Å²) in [5, 5.41) is 2.73. The van der Waals surface area contributed by atoms with E-state index < -0.39 is 0 Å². The Balaban J connectivity index is 1.91. The Labute approximate surface area is 92.6 Å². The summed E-state index contributed by atoms with van der Waals surface area (Å²) >= 11 is 0. The predicted octanol–water partition coefficient (Wildman–Crippen LogP) is -0.443. The number of amides is 1. The lowest BCUT2D eigenvalue weighted by atomic mass is 10.3. The molecule has 2 aliphatic heterocycles. The molecule has 0 radical (unpaired) electrons. The molecule has 1 N–H and O–H groups in total. The molecule has 0 unspecified atom stereocenters. The number of nitrogens with one attached hydrogen (secondary N) is 1. The summed E-state index contributed by atoms with van der Waals surface area (Å²) in [4.78, 5) is 22.1. The Hall–Kier alpha value is -1.69. The van der Waals surface area contributed by atoms with Gasteiger partial charge in [0, 0.05) is 31.4 Å². The minimum atomic E-state index is -0.105. The van der Waals surface area contributed by atoms with E-state index in [1.54, 1.807) is 6.20 Å². The van der Waals surface area contributed by atoms with Crippen LogP contribution in [0.2, 0.25) is 0 Å². The summed E-state index contributed by atoms with van der Waals surface area (Å²) in [5.41, 5.74) is 1.39. The summed E-state index contributed by atoms with van der Waals surface area (Å²) < 4.78 is 5.26. The van der Waals surface area contributed by atoms with Gasteiger partial charge < -0.3 is 15.0 Å². The van der Waals surface area contributed by atoms with E-state index in [9.17, 15) is 4.79 Å². The van der Waals surface area contributed by atoms with E-state index in [4.69, 9.17) is 4.74 Å². The van der Waals surface area contributed by atoms with Crippen LogP contribution in [-0.4, -0.2) is 42.2 Å². The molecule has 0 spiro atoms. The van der Waals surface area contributed by atoms with Crippen LogP contribution < -0.4 is 10.2 Å². The monoisotopic (exact) mass is 220 g/mol. The summed E-state index contributed by atoms with van der Waals surface area (Å²) in [6.07, 6.45) is 1.73. The van der Waals surface area contributed by atoms with Crippen molar-refractivity contribution in [3.05, 3.63) is 17.5 Å². The zero-order valence-electron chi connectivity index (χ0n) is 8.77. The molecule has 0 saturated carbocycles. The van der Waals surface area contributed by atoms with Crippen molar-refractivity contribution in [3.63, 3.8) is 0 Å². The van der Waals surface area contributed by atoms with Crippen LogP contribution >= 0.6 is 0 Å². The van der Waals surface area contributed by atoms with Gasteiger partial charge in [-0.1, -0.05) is 0 Å². The fourth-order valence-corrected chi connectivity index (χ4v) is 1.90. The Kier molecular flexibility index (Phi) is 2.21. The van der Waals surface area contributed by atoms with Gasteiger partial charge in [0.1, 0.15) is 5.69 Å². The van der Waals surface area contributed by atoms with Crippen LogP contribution in [0.1, 0.15) is 16.1 Å². The highest BCUT2D eigenvalue weighted by Gasteiger charge is 2.23. The minimum absolute atomic E-state index is 0.105. The molecule has 1 amide bonds. The minimum Gasteiger partial charge on any atom is -0.378 e. The summed E-state index contributed by atoms with van der Waals surface area (Å²) in [7, 11) is 0. The van der Waals surface area contributed by atoms with E-state index in [2.05, 4.69) is 15.3 Å². The molecule has 0 bridgehead atoms. The third-order valence-electron chi connectivity index (χ3n) is 2.80. The van der Waals surface area contributed by atoms with Crippen LogP contribution in [0.25, 0.3) is 0 Å². The lowest BCUT2D eigenvalue weighted by molar-refractivity contribution is 0.0961. The number of aromatic nitrogens is 2. The number of ether oxygens (including phenoxy) is 1. The van der Waals surface area contributed by atoms with Gasteiger partial charge in [-0.2, -0.15) is 0 Å². The number of nitrogens with zero attached hydrogens (tertiary/aromatic N) is 3. The largest absolute Gasteiger partial charge is 0.378 e. The van der Waals surface area contributed by atoms with Gasteiger partial charge >= 0.3 is 0 Å².